The minimum atomic E-state index is -0.128. The lowest BCUT2D eigenvalue weighted by Gasteiger charge is -2.16. The van der Waals surface area contributed by atoms with Crippen molar-refractivity contribution in [2.75, 3.05) is 26.9 Å². The number of methoxy groups -OCH3 is 1. The highest BCUT2D eigenvalue weighted by atomic mass is 16.5. The van der Waals surface area contributed by atoms with Gasteiger partial charge in [-0.05, 0) is 18.9 Å². The van der Waals surface area contributed by atoms with Gasteiger partial charge in [-0.2, -0.15) is 4.98 Å². The first-order chi connectivity index (χ1) is 9.67. The fourth-order valence-electron chi connectivity index (χ4n) is 2.52. The molecule has 114 valence electrons. The van der Waals surface area contributed by atoms with E-state index in [1.807, 2.05) is 0 Å². The number of hydrogen-bond acceptors (Lipinski definition) is 6. The van der Waals surface area contributed by atoms with E-state index in [9.17, 15) is 0 Å². The van der Waals surface area contributed by atoms with E-state index in [1.54, 1.807) is 7.11 Å². The van der Waals surface area contributed by atoms with Gasteiger partial charge in [0.2, 0.25) is 11.7 Å². The molecule has 20 heavy (non-hydrogen) atoms. The van der Waals surface area contributed by atoms with Gasteiger partial charge in [-0.3, -0.25) is 0 Å². The van der Waals surface area contributed by atoms with E-state index in [0.29, 0.717) is 30.8 Å². The zero-order chi connectivity index (χ0) is 14.5. The standard InChI is InChI=1S/C14H25N3O3/c1-5-6-15-11-8-19-7-10(11)14-16-13(17-20-14)12(18-4)9(2)3/h9-12,15H,5-8H2,1-4H3. The van der Waals surface area contributed by atoms with Crippen LogP contribution in [0.4, 0.5) is 0 Å². The van der Waals surface area contributed by atoms with Crippen molar-refractivity contribution in [3.05, 3.63) is 11.7 Å². The number of ether oxygens (including phenoxy) is 2. The molecule has 1 saturated heterocycles. The van der Waals surface area contributed by atoms with Crippen LogP contribution >= 0.6 is 0 Å². The fourth-order valence-corrected chi connectivity index (χ4v) is 2.52. The van der Waals surface area contributed by atoms with Gasteiger partial charge >= 0.3 is 0 Å². The molecule has 1 fully saturated rings. The Morgan fingerprint density at radius 3 is 2.85 bits per heavy atom. The van der Waals surface area contributed by atoms with Crippen molar-refractivity contribution < 1.29 is 14.0 Å². The summed E-state index contributed by atoms with van der Waals surface area (Å²) in [6.07, 6.45) is 0.967. The van der Waals surface area contributed by atoms with Crippen LogP contribution in [-0.2, 0) is 9.47 Å². The molecular weight excluding hydrogens is 258 g/mol. The van der Waals surface area contributed by atoms with E-state index in [-0.39, 0.29) is 18.1 Å². The summed E-state index contributed by atoms with van der Waals surface area (Å²) in [5.74, 6) is 1.71. The molecule has 0 bridgehead atoms. The second-order valence-electron chi connectivity index (χ2n) is 5.60. The first kappa shape index (κ1) is 15.4. The van der Waals surface area contributed by atoms with Crippen molar-refractivity contribution in [3.63, 3.8) is 0 Å². The topological polar surface area (TPSA) is 69.4 Å². The summed E-state index contributed by atoms with van der Waals surface area (Å²) in [5, 5.41) is 7.54. The molecule has 0 spiro atoms. The van der Waals surface area contributed by atoms with Crippen molar-refractivity contribution in [2.24, 2.45) is 5.92 Å². The summed E-state index contributed by atoms with van der Waals surface area (Å²) < 4.78 is 16.4. The summed E-state index contributed by atoms with van der Waals surface area (Å²) in [6, 6.07) is 0.253. The predicted octanol–water partition coefficient (Wildman–Crippen LogP) is 1.90. The lowest BCUT2D eigenvalue weighted by Crippen LogP contribution is -2.35. The minimum Gasteiger partial charge on any atom is -0.379 e. The number of rotatable bonds is 7. The highest BCUT2D eigenvalue weighted by Crippen LogP contribution is 2.28. The second-order valence-corrected chi connectivity index (χ2v) is 5.60. The Balaban J connectivity index is 2.07. The third-order valence-electron chi connectivity index (χ3n) is 3.63. The molecule has 0 saturated carbocycles. The monoisotopic (exact) mass is 283 g/mol. The number of nitrogens with one attached hydrogen (secondary N) is 1. The number of nitrogens with zero attached hydrogens (tertiary/aromatic N) is 2. The van der Waals surface area contributed by atoms with Crippen LogP contribution in [0.25, 0.3) is 0 Å². The molecule has 0 aliphatic carbocycles. The van der Waals surface area contributed by atoms with Gasteiger partial charge in [-0.15, -0.1) is 0 Å². The van der Waals surface area contributed by atoms with Crippen molar-refractivity contribution in [1.82, 2.24) is 15.5 Å². The SMILES string of the molecule is CCCNC1COCC1c1nc(C(OC)C(C)C)no1. The van der Waals surface area contributed by atoms with E-state index in [0.717, 1.165) is 13.0 Å². The lowest BCUT2D eigenvalue weighted by molar-refractivity contribution is 0.0555. The molecule has 0 amide bonds. The first-order valence-corrected chi connectivity index (χ1v) is 7.34. The molecule has 2 heterocycles. The zero-order valence-electron chi connectivity index (χ0n) is 12.8. The van der Waals surface area contributed by atoms with Crippen LogP contribution in [-0.4, -0.2) is 43.1 Å². The Morgan fingerprint density at radius 1 is 1.40 bits per heavy atom. The first-order valence-electron chi connectivity index (χ1n) is 7.34. The van der Waals surface area contributed by atoms with Gasteiger partial charge in [0.05, 0.1) is 19.1 Å². The van der Waals surface area contributed by atoms with Gasteiger partial charge in [-0.1, -0.05) is 25.9 Å². The summed E-state index contributed by atoms with van der Waals surface area (Å²) >= 11 is 0. The van der Waals surface area contributed by atoms with Crippen LogP contribution in [0, 0.1) is 5.92 Å². The van der Waals surface area contributed by atoms with Crippen molar-refractivity contribution in [2.45, 2.75) is 45.3 Å². The molecule has 1 aliphatic rings. The van der Waals surface area contributed by atoms with Gasteiger partial charge in [0.25, 0.3) is 0 Å². The molecule has 0 radical (unpaired) electrons. The Morgan fingerprint density at radius 2 is 2.20 bits per heavy atom. The Bertz CT molecular complexity index is 408. The third kappa shape index (κ3) is 3.37. The Hall–Kier alpha value is -0.980. The number of hydrogen-bond donors (Lipinski definition) is 1. The molecule has 1 aliphatic heterocycles. The Labute approximate surface area is 120 Å². The van der Waals surface area contributed by atoms with Crippen LogP contribution in [0.15, 0.2) is 4.52 Å². The van der Waals surface area contributed by atoms with E-state index in [4.69, 9.17) is 14.0 Å². The van der Waals surface area contributed by atoms with Gasteiger partial charge in [0, 0.05) is 13.2 Å². The van der Waals surface area contributed by atoms with Gasteiger partial charge in [0.15, 0.2) is 0 Å². The van der Waals surface area contributed by atoms with Crippen LogP contribution in [0.1, 0.15) is 50.9 Å². The van der Waals surface area contributed by atoms with Crippen molar-refractivity contribution >= 4 is 0 Å². The minimum absolute atomic E-state index is 0.128. The highest BCUT2D eigenvalue weighted by Gasteiger charge is 2.34. The van der Waals surface area contributed by atoms with Crippen LogP contribution in [0.2, 0.25) is 0 Å². The van der Waals surface area contributed by atoms with Gasteiger partial charge < -0.3 is 19.3 Å². The van der Waals surface area contributed by atoms with Crippen LogP contribution < -0.4 is 5.32 Å². The summed E-state index contributed by atoms with van der Waals surface area (Å²) in [5.41, 5.74) is 0. The van der Waals surface area contributed by atoms with Crippen LogP contribution in [0.5, 0.6) is 0 Å². The molecule has 0 aromatic carbocycles. The van der Waals surface area contributed by atoms with E-state index < -0.39 is 0 Å². The zero-order valence-corrected chi connectivity index (χ0v) is 12.8. The normalized spacial score (nSPS) is 24.4. The second kappa shape index (κ2) is 7.15. The number of aromatic nitrogens is 2. The van der Waals surface area contributed by atoms with Crippen molar-refractivity contribution in [1.29, 1.82) is 0 Å². The molecule has 3 unspecified atom stereocenters. The van der Waals surface area contributed by atoms with E-state index in [2.05, 4.69) is 36.2 Å². The smallest absolute Gasteiger partial charge is 0.233 e. The summed E-state index contributed by atoms with van der Waals surface area (Å²) in [7, 11) is 1.67. The molecular formula is C14H25N3O3. The molecule has 2 rings (SSSR count). The van der Waals surface area contributed by atoms with E-state index >= 15 is 0 Å². The average molecular weight is 283 g/mol. The molecule has 1 aromatic rings. The fraction of sp³-hybridized carbons (Fsp3) is 0.857. The average Bonchev–Trinajstić information content (AvgIpc) is 3.05. The van der Waals surface area contributed by atoms with Gasteiger partial charge in [0.1, 0.15) is 6.10 Å². The maximum absolute atomic E-state index is 5.54. The quantitative estimate of drug-likeness (QED) is 0.824. The molecule has 6 nitrogen and oxygen atoms in total. The largest absolute Gasteiger partial charge is 0.379 e. The predicted molar refractivity (Wildman–Crippen MR) is 74.5 cm³/mol. The maximum Gasteiger partial charge on any atom is 0.233 e. The summed E-state index contributed by atoms with van der Waals surface area (Å²) in [6.45, 7) is 8.60. The molecule has 1 N–H and O–H groups in total. The molecule has 6 heteroatoms. The van der Waals surface area contributed by atoms with Crippen LogP contribution in [0.3, 0.4) is 0 Å². The maximum atomic E-state index is 5.54. The third-order valence-corrected chi connectivity index (χ3v) is 3.63. The summed E-state index contributed by atoms with van der Waals surface area (Å²) in [4.78, 5) is 4.52. The van der Waals surface area contributed by atoms with Gasteiger partial charge in [-0.25, -0.2) is 0 Å². The lowest BCUT2D eigenvalue weighted by atomic mass is 10.0. The Kier molecular flexibility index (Phi) is 5.51. The molecule has 1 aromatic heterocycles. The van der Waals surface area contributed by atoms with Crippen molar-refractivity contribution in [3.8, 4) is 0 Å². The van der Waals surface area contributed by atoms with E-state index in [1.165, 1.54) is 0 Å². The highest BCUT2D eigenvalue weighted by molar-refractivity contribution is 5.04. The molecule has 3 atom stereocenters.